The van der Waals surface area contributed by atoms with Crippen LogP contribution in [-0.4, -0.2) is 18.0 Å². The number of fused-ring (bicyclic) bond motifs is 2. The molecule has 0 bridgehead atoms. The van der Waals surface area contributed by atoms with Gasteiger partial charge < -0.3 is 14.5 Å². The van der Waals surface area contributed by atoms with Crippen molar-refractivity contribution in [2.75, 3.05) is 0 Å². The Morgan fingerprint density at radius 2 is 1.89 bits per heavy atom. The maximum absolute atomic E-state index is 12.6. The van der Waals surface area contributed by atoms with Crippen LogP contribution in [0.5, 0.6) is 0 Å². The van der Waals surface area contributed by atoms with Crippen molar-refractivity contribution >= 4 is 22.8 Å². The quantitative estimate of drug-likeness (QED) is 0.681. The van der Waals surface area contributed by atoms with Crippen LogP contribution in [0.2, 0.25) is 0 Å². The summed E-state index contributed by atoms with van der Waals surface area (Å²) < 4.78 is 11.0. The lowest BCUT2D eigenvalue weighted by atomic mass is 9.87. The van der Waals surface area contributed by atoms with Crippen molar-refractivity contribution in [3.05, 3.63) is 71.0 Å². The molecule has 1 aromatic heterocycles. The standard InChI is InChI=1S/C23H23NO4/c1-14-17-10-5-6-13-20(17)28-21(14)23(26)27-15(2)22(25)24-19-12-7-9-16-8-3-4-11-18(16)19/h3-6,8,10-11,13,15,19H,7,9,12H2,1-2H3,(H,24,25). The maximum atomic E-state index is 12.6. The number of nitrogens with one attached hydrogen (secondary N) is 1. The summed E-state index contributed by atoms with van der Waals surface area (Å²) in [4.78, 5) is 25.2. The lowest BCUT2D eigenvalue weighted by Gasteiger charge is -2.27. The number of carbonyl (C=O) groups is 2. The van der Waals surface area contributed by atoms with Gasteiger partial charge in [0.15, 0.2) is 6.10 Å². The second kappa shape index (κ2) is 7.50. The molecule has 0 saturated carbocycles. The minimum Gasteiger partial charge on any atom is -0.449 e. The molecule has 2 aromatic carbocycles. The monoisotopic (exact) mass is 377 g/mol. The third kappa shape index (κ3) is 3.40. The number of ether oxygens (including phenoxy) is 1. The van der Waals surface area contributed by atoms with Gasteiger partial charge in [-0.2, -0.15) is 0 Å². The van der Waals surface area contributed by atoms with Crippen molar-refractivity contribution in [1.82, 2.24) is 5.32 Å². The Kier molecular flexibility index (Phi) is 4.90. The van der Waals surface area contributed by atoms with Crippen molar-refractivity contribution in [1.29, 1.82) is 0 Å². The van der Waals surface area contributed by atoms with E-state index in [-0.39, 0.29) is 17.7 Å². The van der Waals surface area contributed by atoms with Gasteiger partial charge in [0.25, 0.3) is 5.91 Å². The highest BCUT2D eigenvalue weighted by Crippen LogP contribution is 2.30. The molecule has 144 valence electrons. The zero-order valence-corrected chi connectivity index (χ0v) is 16.0. The van der Waals surface area contributed by atoms with Crippen LogP contribution in [0.1, 0.15) is 53.1 Å². The van der Waals surface area contributed by atoms with Crippen LogP contribution in [0.4, 0.5) is 0 Å². The number of hydrogen-bond acceptors (Lipinski definition) is 4. The highest BCUT2D eigenvalue weighted by Gasteiger charge is 2.27. The molecule has 0 spiro atoms. The summed E-state index contributed by atoms with van der Waals surface area (Å²) in [6.45, 7) is 3.39. The maximum Gasteiger partial charge on any atom is 0.375 e. The van der Waals surface area contributed by atoms with Gasteiger partial charge in [-0.25, -0.2) is 4.79 Å². The van der Waals surface area contributed by atoms with Gasteiger partial charge in [0.1, 0.15) is 5.58 Å². The molecule has 2 atom stereocenters. The molecule has 4 rings (SSSR count). The molecule has 5 nitrogen and oxygen atoms in total. The smallest absolute Gasteiger partial charge is 0.375 e. The Bertz CT molecular complexity index is 1040. The highest BCUT2D eigenvalue weighted by molar-refractivity contribution is 5.97. The highest BCUT2D eigenvalue weighted by atomic mass is 16.6. The fourth-order valence-corrected chi connectivity index (χ4v) is 3.83. The second-order valence-electron chi connectivity index (χ2n) is 7.25. The third-order valence-electron chi connectivity index (χ3n) is 5.37. The van der Waals surface area contributed by atoms with Crippen LogP contribution in [0.3, 0.4) is 0 Å². The lowest BCUT2D eigenvalue weighted by Crippen LogP contribution is -2.39. The van der Waals surface area contributed by atoms with E-state index in [9.17, 15) is 9.59 Å². The van der Waals surface area contributed by atoms with Gasteiger partial charge in [-0.05, 0) is 50.3 Å². The summed E-state index contributed by atoms with van der Waals surface area (Å²) in [6.07, 6.45) is 2.02. The lowest BCUT2D eigenvalue weighted by molar-refractivity contribution is -0.130. The zero-order chi connectivity index (χ0) is 19.7. The predicted octanol–water partition coefficient (Wildman–Crippen LogP) is 4.48. The van der Waals surface area contributed by atoms with Crippen LogP contribution in [0.15, 0.2) is 52.9 Å². The number of rotatable bonds is 4. The van der Waals surface area contributed by atoms with E-state index in [1.54, 1.807) is 13.0 Å². The van der Waals surface area contributed by atoms with Crippen molar-refractivity contribution in [2.24, 2.45) is 0 Å². The van der Waals surface area contributed by atoms with Gasteiger partial charge in [-0.15, -0.1) is 0 Å². The molecular weight excluding hydrogens is 354 g/mol. The van der Waals surface area contributed by atoms with E-state index in [1.165, 1.54) is 5.56 Å². The largest absolute Gasteiger partial charge is 0.449 e. The molecule has 0 aliphatic heterocycles. The van der Waals surface area contributed by atoms with Gasteiger partial charge in [0.2, 0.25) is 5.76 Å². The average Bonchev–Trinajstić information content (AvgIpc) is 3.05. The number of carbonyl (C=O) groups excluding carboxylic acids is 2. The molecular formula is C23H23NO4. The van der Waals surface area contributed by atoms with Crippen LogP contribution in [-0.2, 0) is 16.0 Å². The van der Waals surface area contributed by atoms with E-state index < -0.39 is 12.1 Å². The summed E-state index contributed by atoms with van der Waals surface area (Å²) >= 11 is 0. The fraction of sp³-hybridized carbons (Fsp3) is 0.304. The number of amides is 1. The number of para-hydroxylation sites is 1. The van der Waals surface area contributed by atoms with Crippen molar-refractivity contribution in [2.45, 2.75) is 45.3 Å². The van der Waals surface area contributed by atoms with Gasteiger partial charge in [0.05, 0.1) is 6.04 Å². The Balaban J connectivity index is 1.45. The first-order valence-corrected chi connectivity index (χ1v) is 9.62. The molecule has 2 unspecified atom stereocenters. The van der Waals surface area contributed by atoms with Gasteiger partial charge in [-0.3, -0.25) is 4.79 Å². The van der Waals surface area contributed by atoms with Crippen molar-refractivity contribution < 1.29 is 18.7 Å². The number of aryl methyl sites for hydroxylation is 2. The van der Waals surface area contributed by atoms with E-state index >= 15 is 0 Å². The molecule has 0 saturated heterocycles. The first-order chi connectivity index (χ1) is 13.5. The second-order valence-corrected chi connectivity index (χ2v) is 7.25. The Morgan fingerprint density at radius 1 is 1.14 bits per heavy atom. The predicted molar refractivity (Wildman–Crippen MR) is 106 cm³/mol. The molecule has 1 aliphatic rings. The van der Waals surface area contributed by atoms with E-state index in [1.807, 2.05) is 43.3 Å². The van der Waals surface area contributed by atoms with Gasteiger partial charge >= 0.3 is 5.97 Å². The Hall–Kier alpha value is -3.08. The Labute approximate surface area is 163 Å². The molecule has 28 heavy (non-hydrogen) atoms. The SMILES string of the molecule is Cc1c(C(=O)OC(C)C(=O)NC2CCCc3ccccc32)oc2ccccc12. The van der Waals surface area contributed by atoms with Crippen LogP contribution in [0.25, 0.3) is 11.0 Å². The first kappa shape index (κ1) is 18.3. The summed E-state index contributed by atoms with van der Waals surface area (Å²) in [7, 11) is 0. The average molecular weight is 377 g/mol. The van der Waals surface area contributed by atoms with E-state index in [4.69, 9.17) is 9.15 Å². The fourth-order valence-electron chi connectivity index (χ4n) is 3.83. The van der Waals surface area contributed by atoms with Crippen LogP contribution < -0.4 is 5.32 Å². The van der Waals surface area contributed by atoms with Crippen LogP contribution in [0, 0.1) is 6.92 Å². The van der Waals surface area contributed by atoms with Gasteiger partial charge in [-0.1, -0.05) is 42.5 Å². The number of benzene rings is 2. The third-order valence-corrected chi connectivity index (χ3v) is 5.37. The minimum absolute atomic E-state index is 0.0495. The molecule has 1 aliphatic carbocycles. The summed E-state index contributed by atoms with van der Waals surface area (Å²) in [5.74, 6) is -0.784. The number of hydrogen-bond donors (Lipinski definition) is 1. The topological polar surface area (TPSA) is 68.5 Å². The molecule has 1 heterocycles. The van der Waals surface area contributed by atoms with E-state index in [0.29, 0.717) is 5.58 Å². The molecule has 5 heteroatoms. The van der Waals surface area contributed by atoms with Crippen molar-refractivity contribution in [3.8, 4) is 0 Å². The molecule has 0 fully saturated rings. The number of furan rings is 1. The molecule has 3 aromatic rings. The van der Waals surface area contributed by atoms with Gasteiger partial charge in [0, 0.05) is 10.9 Å². The molecule has 1 amide bonds. The normalized spacial score (nSPS) is 17.0. The first-order valence-electron chi connectivity index (χ1n) is 9.62. The molecule has 0 radical (unpaired) electrons. The summed E-state index contributed by atoms with van der Waals surface area (Å²) in [5, 5.41) is 3.89. The summed E-state index contributed by atoms with van der Waals surface area (Å²) in [6, 6.07) is 15.5. The van der Waals surface area contributed by atoms with Crippen LogP contribution >= 0.6 is 0 Å². The minimum atomic E-state index is -0.908. The molecule has 1 N–H and O–H groups in total. The number of esters is 1. The Morgan fingerprint density at radius 3 is 2.71 bits per heavy atom. The van der Waals surface area contributed by atoms with E-state index in [2.05, 4.69) is 11.4 Å². The zero-order valence-electron chi connectivity index (χ0n) is 16.0. The van der Waals surface area contributed by atoms with E-state index in [0.717, 1.165) is 35.8 Å². The summed E-state index contributed by atoms with van der Waals surface area (Å²) in [5.41, 5.74) is 3.76. The van der Waals surface area contributed by atoms with Crippen molar-refractivity contribution in [3.63, 3.8) is 0 Å².